The summed E-state index contributed by atoms with van der Waals surface area (Å²) in [6.45, 7) is 6.32. The van der Waals surface area contributed by atoms with E-state index in [1.165, 1.54) is 29.2 Å². The van der Waals surface area contributed by atoms with Gasteiger partial charge >= 0.3 is 0 Å². The summed E-state index contributed by atoms with van der Waals surface area (Å²) >= 11 is 0. The van der Waals surface area contributed by atoms with Crippen molar-refractivity contribution < 1.29 is 22.4 Å². The highest BCUT2D eigenvalue weighted by Crippen LogP contribution is 2.15. The Balaban J connectivity index is 2.11. The number of carbonyl (C=O) groups is 2. The Morgan fingerprint density at radius 2 is 1.61 bits per heavy atom. The Bertz CT molecular complexity index is 1020. The van der Waals surface area contributed by atoms with Crippen molar-refractivity contribution in [3.8, 4) is 0 Å². The molecule has 0 unspecified atom stereocenters. The lowest BCUT2D eigenvalue weighted by Crippen LogP contribution is -2.47. The quantitative estimate of drug-likeness (QED) is 0.491. The highest BCUT2D eigenvalue weighted by Gasteiger charge is 2.25. The van der Waals surface area contributed by atoms with Crippen LogP contribution < -0.4 is 10.0 Å². The first-order chi connectivity index (χ1) is 15.7. The van der Waals surface area contributed by atoms with E-state index in [1.807, 2.05) is 6.92 Å². The zero-order chi connectivity index (χ0) is 24.4. The minimum Gasteiger partial charge on any atom is -0.354 e. The molecule has 33 heavy (non-hydrogen) atoms. The monoisotopic (exact) mass is 477 g/mol. The largest absolute Gasteiger partial charge is 0.354 e. The molecule has 180 valence electrons. The smallest absolute Gasteiger partial charge is 0.242 e. The van der Waals surface area contributed by atoms with Crippen molar-refractivity contribution in [1.82, 2.24) is 14.9 Å². The lowest BCUT2D eigenvalue weighted by Gasteiger charge is -2.29. The van der Waals surface area contributed by atoms with E-state index in [0.29, 0.717) is 19.5 Å². The van der Waals surface area contributed by atoms with Crippen molar-refractivity contribution in [2.75, 3.05) is 13.1 Å². The molecule has 0 aliphatic rings. The van der Waals surface area contributed by atoms with Crippen molar-refractivity contribution in [2.24, 2.45) is 0 Å². The van der Waals surface area contributed by atoms with Crippen LogP contribution in [0.1, 0.15) is 44.7 Å². The maximum absolute atomic E-state index is 13.3. The van der Waals surface area contributed by atoms with Crippen LogP contribution in [0, 0.1) is 5.82 Å². The van der Waals surface area contributed by atoms with E-state index < -0.39 is 16.1 Å². The van der Waals surface area contributed by atoms with Gasteiger partial charge in [-0.1, -0.05) is 38.1 Å². The number of hydrogen-bond acceptors (Lipinski definition) is 4. The summed E-state index contributed by atoms with van der Waals surface area (Å²) in [7, 11) is -3.53. The van der Waals surface area contributed by atoms with Crippen LogP contribution >= 0.6 is 0 Å². The Morgan fingerprint density at radius 1 is 1.00 bits per heavy atom. The molecular formula is C24H32FN3O4S. The van der Waals surface area contributed by atoms with E-state index >= 15 is 0 Å². The van der Waals surface area contributed by atoms with E-state index in [0.717, 1.165) is 17.5 Å². The van der Waals surface area contributed by atoms with Crippen LogP contribution in [0.3, 0.4) is 0 Å². The fourth-order valence-corrected chi connectivity index (χ4v) is 4.31. The molecule has 0 saturated heterocycles. The molecule has 0 radical (unpaired) electrons. The summed E-state index contributed by atoms with van der Waals surface area (Å²) in [6.07, 6.45) is 1.32. The molecule has 0 bridgehead atoms. The third-order valence-corrected chi connectivity index (χ3v) is 6.74. The summed E-state index contributed by atoms with van der Waals surface area (Å²) in [5.74, 6) is -0.835. The number of nitrogens with one attached hydrogen (secondary N) is 2. The average Bonchev–Trinajstić information content (AvgIpc) is 2.80. The molecule has 0 saturated carbocycles. The molecule has 0 aliphatic carbocycles. The SMILES string of the molecule is CCCNC(=O)[C@@H](C)N(Cc1ccc(F)cc1)C(=O)CCc1ccc(S(=O)(=O)NCC)cc1. The number of rotatable bonds is 12. The molecule has 2 amide bonds. The second-order valence-electron chi connectivity index (χ2n) is 7.76. The molecule has 0 aromatic heterocycles. The van der Waals surface area contributed by atoms with Crippen molar-refractivity contribution >= 4 is 21.8 Å². The molecule has 2 rings (SSSR count). The molecule has 0 aliphatic heterocycles. The topological polar surface area (TPSA) is 95.6 Å². The Labute approximate surface area is 195 Å². The fraction of sp³-hybridized carbons (Fsp3) is 0.417. The van der Waals surface area contributed by atoms with Crippen LogP contribution in [0.2, 0.25) is 0 Å². The normalized spacial score (nSPS) is 12.2. The third kappa shape index (κ3) is 7.94. The lowest BCUT2D eigenvalue weighted by molar-refractivity contribution is -0.140. The van der Waals surface area contributed by atoms with Crippen molar-refractivity contribution in [3.05, 3.63) is 65.5 Å². The van der Waals surface area contributed by atoms with E-state index in [9.17, 15) is 22.4 Å². The maximum Gasteiger partial charge on any atom is 0.242 e. The predicted molar refractivity (Wildman–Crippen MR) is 125 cm³/mol. The number of benzene rings is 2. The van der Waals surface area contributed by atoms with E-state index in [4.69, 9.17) is 0 Å². The van der Waals surface area contributed by atoms with Crippen LogP contribution in [0.15, 0.2) is 53.4 Å². The summed E-state index contributed by atoms with van der Waals surface area (Å²) in [5, 5.41) is 2.81. The molecule has 2 N–H and O–H groups in total. The second kappa shape index (κ2) is 12.5. The van der Waals surface area contributed by atoms with Gasteiger partial charge < -0.3 is 10.2 Å². The Morgan fingerprint density at radius 3 is 2.18 bits per heavy atom. The molecule has 2 aromatic rings. The summed E-state index contributed by atoms with van der Waals surface area (Å²) in [6, 6.07) is 11.5. The number of hydrogen-bond donors (Lipinski definition) is 2. The molecule has 0 heterocycles. The molecule has 7 nitrogen and oxygen atoms in total. The Kier molecular flexibility index (Phi) is 9.99. The summed E-state index contributed by atoms with van der Waals surface area (Å²) < 4.78 is 39.9. The molecule has 0 spiro atoms. The number of amides is 2. The van der Waals surface area contributed by atoms with Gasteiger partial charge in [0.2, 0.25) is 21.8 Å². The van der Waals surface area contributed by atoms with Crippen LogP contribution in [0.25, 0.3) is 0 Å². The Hall–Kier alpha value is -2.78. The molecule has 9 heteroatoms. The zero-order valence-corrected chi connectivity index (χ0v) is 20.1. The van der Waals surface area contributed by atoms with Gasteiger partial charge in [0, 0.05) is 26.1 Å². The van der Waals surface area contributed by atoms with Crippen LogP contribution in [0.5, 0.6) is 0 Å². The van der Waals surface area contributed by atoms with Crippen LogP contribution in [0.4, 0.5) is 4.39 Å². The van der Waals surface area contributed by atoms with Gasteiger partial charge in [0.1, 0.15) is 11.9 Å². The summed E-state index contributed by atoms with van der Waals surface area (Å²) in [4.78, 5) is 27.3. The van der Waals surface area contributed by atoms with Gasteiger partial charge in [-0.3, -0.25) is 9.59 Å². The minimum atomic E-state index is -3.53. The van der Waals surface area contributed by atoms with E-state index in [-0.39, 0.29) is 35.5 Å². The number of nitrogens with zero attached hydrogens (tertiary/aromatic N) is 1. The van der Waals surface area contributed by atoms with Gasteiger partial charge in [-0.05, 0) is 55.2 Å². The molecule has 1 atom stereocenters. The van der Waals surface area contributed by atoms with Gasteiger partial charge in [0.05, 0.1) is 4.90 Å². The molecular weight excluding hydrogens is 445 g/mol. The maximum atomic E-state index is 13.3. The van der Waals surface area contributed by atoms with Crippen LogP contribution in [-0.2, 0) is 32.6 Å². The number of halogens is 1. The first kappa shape index (κ1) is 26.5. The van der Waals surface area contributed by atoms with Gasteiger partial charge in [-0.15, -0.1) is 0 Å². The number of sulfonamides is 1. The highest BCUT2D eigenvalue weighted by molar-refractivity contribution is 7.89. The highest BCUT2D eigenvalue weighted by atomic mass is 32.2. The number of aryl methyl sites for hydroxylation is 1. The molecule has 2 aromatic carbocycles. The van der Waals surface area contributed by atoms with Gasteiger partial charge in [-0.25, -0.2) is 17.5 Å². The minimum absolute atomic E-state index is 0.145. The zero-order valence-electron chi connectivity index (χ0n) is 19.3. The van der Waals surface area contributed by atoms with Gasteiger partial charge in [0.25, 0.3) is 0 Å². The number of carbonyl (C=O) groups excluding carboxylic acids is 2. The van der Waals surface area contributed by atoms with Gasteiger partial charge in [-0.2, -0.15) is 0 Å². The molecule has 0 fully saturated rings. The van der Waals surface area contributed by atoms with Crippen molar-refractivity contribution in [2.45, 2.75) is 57.5 Å². The third-order valence-electron chi connectivity index (χ3n) is 5.18. The lowest BCUT2D eigenvalue weighted by atomic mass is 10.1. The first-order valence-electron chi connectivity index (χ1n) is 11.1. The standard InChI is InChI=1S/C24H32FN3O4S/c1-4-16-26-24(30)18(3)28(17-20-6-11-21(25)12-7-20)23(29)15-10-19-8-13-22(14-9-19)33(31,32)27-5-2/h6-9,11-14,18,27H,4-5,10,15-17H2,1-3H3,(H,26,30)/t18-/m1/s1. The van der Waals surface area contributed by atoms with E-state index in [2.05, 4.69) is 10.0 Å². The van der Waals surface area contributed by atoms with Crippen molar-refractivity contribution in [3.63, 3.8) is 0 Å². The van der Waals surface area contributed by atoms with Gasteiger partial charge in [0.15, 0.2) is 0 Å². The summed E-state index contributed by atoms with van der Waals surface area (Å²) in [5.41, 5.74) is 1.53. The second-order valence-corrected chi connectivity index (χ2v) is 9.53. The van der Waals surface area contributed by atoms with E-state index in [1.54, 1.807) is 38.1 Å². The fourth-order valence-electron chi connectivity index (χ4n) is 3.27. The van der Waals surface area contributed by atoms with Crippen LogP contribution in [-0.4, -0.2) is 44.3 Å². The predicted octanol–water partition coefficient (Wildman–Crippen LogP) is 3.00. The average molecular weight is 478 g/mol. The van der Waals surface area contributed by atoms with Crippen molar-refractivity contribution in [1.29, 1.82) is 0 Å². The first-order valence-corrected chi connectivity index (χ1v) is 12.6.